The normalized spacial score (nSPS) is 12.1. The number of urea groups is 1. The molecule has 5 nitrogen and oxygen atoms in total. The Morgan fingerprint density at radius 1 is 1.48 bits per heavy atom. The maximum atomic E-state index is 12.1. The van der Waals surface area contributed by atoms with Crippen LogP contribution in [0.3, 0.4) is 0 Å². The second kappa shape index (κ2) is 7.26. The molecule has 0 radical (unpaired) electrons. The molecule has 0 bridgehead atoms. The lowest BCUT2D eigenvalue weighted by Crippen LogP contribution is -2.37. The van der Waals surface area contributed by atoms with Gasteiger partial charge in [0.25, 0.3) is 0 Å². The fraction of sp³-hybridized carbons (Fsp3) is 0.467. The molecule has 0 aliphatic rings. The summed E-state index contributed by atoms with van der Waals surface area (Å²) < 4.78 is 5.09. The van der Waals surface area contributed by atoms with E-state index >= 15 is 0 Å². The summed E-state index contributed by atoms with van der Waals surface area (Å²) in [5.74, 6) is 0.746. The molecule has 0 spiro atoms. The SMILES string of the molecule is CCC[C@@H](NC(=O)NCc1c(C)noc1C)c1cccs1. The van der Waals surface area contributed by atoms with E-state index in [4.69, 9.17) is 4.52 Å². The van der Waals surface area contributed by atoms with Gasteiger partial charge in [0.1, 0.15) is 5.76 Å². The van der Waals surface area contributed by atoms with Gasteiger partial charge in [-0.25, -0.2) is 4.79 Å². The summed E-state index contributed by atoms with van der Waals surface area (Å²) in [6, 6.07) is 3.97. The van der Waals surface area contributed by atoms with Crippen molar-refractivity contribution in [3.63, 3.8) is 0 Å². The highest BCUT2D eigenvalue weighted by molar-refractivity contribution is 7.10. The minimum absolute atomic E-state index is 0.0691. The summed E-state index contributed by atoms with van der Waals surface area (Å²) in [5, 5.41) is 11.8. The van der Waals surface area contributed by atoms with Crippen LogP contribution < -0.4 is 10.6 Å². The first-order valence-corrected chi connectivity index (χ1v) is 7.99. The number of carbonyl (C=O) groups excluding carboxylic acids is 1. The smallest absolute Gasteiger partial charge is 0.315 e. The summed E-state index contributed by atoms with van der Waals surface area (Å²) in [7, 11) is 0. The molecule has 2 heterocycles. The molecular formula is C15H21N3O2S. The van der Waals surface area contributed by atoms with Crippen LogP contribution >= 0.6 is 11.3 Å². The predicted octanol–water partition coefficient (Wildman–Crippen LogP) is 3.69. The van der Waals surface area contributed by atoms with Crippen LogP contribution in [0.1, 0.15) is 47.7 Å². The summed E-state index contributed by atoms with van der Waals surface area (Å²) in [4.78, 5) is 13.3. The standard InChI is InChI=1S/C15H21N3O2S/c1-4-6-13(14-7-5-8-21-14)17-15(19)16-9-12-10(2)18-20-11(12)3/h5,7-8,13H,4,6,9H2,1-3H3,(H2,16,17,19)/t13-/m1/s1. The zero-order valence-electron chi connectivity index (χ0n) is 12.6. The highest BCUT2D eigenvalue weighted by Crippen LogP contribution is 2.23. The van der Waals surface area contributed by atoms with Crippen molar-refractivity contribution >= 4 is 17.4 Å². The number of nitrogens with zero attached hydrogens (tertiary/aromatic N) is 1. The third-order valence-corrected chi connectivity index (χ3v) is 4.36. The van der Waals surface area contributed by atoms with Crippen molar-refractivity contribution in [2.75, 3.05) is 0 Å². The van der Waals surface area contributed by atoms with Gasteiger partial charge in [-0.1, -0.05) is 24.6 Å². The predicted molar refractivity (Wildman–Crippen MR) is 83.3 cm³/mol. The Morgan fingerprint density at radius 3 is 2.86 bits per heavy atom. The van der Waals surface area contributed by atoms with Crippen LogP contribution in [0, 0.1) is 13.8 Å². The van der Waals surface area contributed by atoms with Crippen molar-refractivity contribution in [3.05, 3.63) is 39.4 Å². The number of aryl methyl sites for hydroxylation is 2. The molecule has 2 N–H and O–H groups in total. The van der Waals surface area contributed by atoms with E-state index in [1.165, 1.54) is 4.88 Å². The molecule has 2 rings (SSSR count). The molecular weight excluding hydrogens is 286 g/mol. The molecule has 0 fully saturated rings. The fourth-order valence-corrected chi connectivity index (χ4v) is 3.01. The maximum Gasteiger partial charge on any atom is 0.315 e. The van der Waals surface area contributed by atoms with Crippen LogP contribution in [0.4, 0.5) is 4.79 Å². The van der Waals surface area contributed by atoms with Crippen LogP contribution in [-0.4, -0.2) is 11.2 Å². The largest absolute Gasteiger partial charge is 0.361 e. The lowest BCUT2D eigenvalue weighted by Gasteiger charge is -2.17. The van der Waals surface area contributed by atoms with Gasteiger partial charge in [-0.05, 0) is 31.7 Å². The lowest BCUT2D eigenvalue weighted by molar-refractivity contribution is 0.236. The van der Waals surface area contributed by atoms with E-state index in [1.807, 2.05) is 25.3 Å². The van der Waals surface area contributed by atoms with Gasteiger partial charge in [-0.15, -0.1) is 11.3 Å². The van der Waals surface area contributed by atoms with E-state index in [9.17, 15) is 4.79 Å². The van der Waals surface area contributed by atoms with Crippen LogP contribution in [0.5, 0.6) is 0 Å². The Balaban J connectivity index is 1.91. The second-order valence-corrected chi connectivity index (χ2v) is 5.97. The third-order valence-electron chi connectivity index (χ3n) is 3.38. The lowest BCUT2D eigenvalue weighted by atomic mass is 10.1. The average Bonchev–Trinajstić information content (AvgIpc) is 3.08. The van der Waals surface area contributed by atoms with Crippen LogP contribution in [0.25, 0.3) is 0 Å². The van der Waals surface area contributed by atoms with Gasteiger partial charge in [0.05, 0.1) is 11.7 Å². The van der Waals surface area contributed by atoms with E-state index in [-0.39, 0.29) is 12.1 Å². The van der Waals surface area contributed by atoms with Gasteiger partial charge in [0.15, 0.2) is 0 Å². The van der Waals surface area contributed by atoms with Crippen molar-refractivity contribution in [3.8, 4) is 0 Å². The topological polar surface area (TPSA) is 67.2 Å². The molecule has 1 atom stereocenters. The molecule has 2 amide bonds. The highest BCUT2D eigenvalue weighted by atomic mass is 32.1. The van der Waals surface area contributed by atoms with Gasteiger partial charge in [0.2, 0.25) is 0 Å². The number of hydrogen-bond donors (Lipinski definition) is 2. The van der Waals surface area contributed by atoms with Gasteiger partial charge in [-0.3, -0.25) is 0 Å². The first-order chi connectivity index (χ1) is 10.1. The molecule has 0 aliphatic heterocycles. The van der Waals surface area contributed by atoms with E-state index in [0.29, 0.717) is 6.54 Å². The monoisotopic (exact) mass is 307 g/mol. The Hall–Kier alpha value is -1.82. The Kier molecular flexibility index (Phi) is 5.38. The summed E-state index contributed by atoms with van der Waals surface area (Å²) in [6.45, 7) is 6.26. The molecule has 0 saturated heterocycles. The number of thiophene rings is 1. The number of aromatic nitrogens is 1. The first-order valence-electron chi connectivity index (χ1n) is 7.11. The minimum atomic E-state index is -0.165. The molecule has 0 aromatic carbocycles. The number of nitrogens with one attached hydrogen (secondary N) is 2. The summed E-state index contributed by atoms with van der Waals surface area (Å²) >= 11 is 1.67. The maximum absolute atomic E-state index is 12.1. The van der Waals surface area contributed by atoms with Crippen molar-refractivity contribution in [2.24, 2.45) is 0 Å². The van der Waals surface area contributed by atoms with E-state index < -0.39 is 0 Å². The summed E-state index contributed by atoms with van der Waals surface area (Å²) in [6.07, 6.45) is 1.95. The third kappa shape index (κ3) is 4.07. The minimum Gasteiger partial charge on any atom is -0.361 e. The van der Waals surface area contributed by atoms with E-state index in [2.05, 4.69) is 28.8 Å². The van der Waals surface area contributed by atoms with Crippen LogP contribution in [-0.2, 0) is 6.54 Å². The van der Waals surface area contributed by atoms with E-state index in [0.717, 1.165) is 29.9 Å². The number of carbonyl (C=O) groups is 1. The fourth-order valence-electron chi connectivity index (χ4n) is 2.20. The molecule has 6 heteroatoms. The van der Waals surface area contributed by atoms with Crippen LogP contribution in [0.15, 0.2) is 22.0 Å². The molecule has 114 valence electrons. The Bertz CT molecular complexity index is 558. The van der Waals surface area contributed by atoms with E-state index in [1.54, 1.807) is 11.3 Å². The first kappa shape index (κ1) is 15.6. The quantitative estimate of drug-likeness (QED) is 0.855. The molecule has 2 aromatic rings. The Morgan fingerprint density at radius 2 is 2.29 bits per heavy atom. The van der Waals surface area contributed by atoms with Crippen molar-refractivity contribution < 1.29 is 9.32 Å². The number of amides is 2. The summed E-state index contributed by atoms with van der Waals surface area (Å²) in [5.41, 5.74) is 1.75. The molecule has 0 aliphatic carbocycles. The zero-order chi connectivity index (χ0) is 15.2. The van der Waals surface area contributed by atoms with Gasteiger partial charge < -0.3 is 15.2 Å². The number of hydrogen-bond acceptors (Lipinski definition) is 4. The van der Waals surface area contributed by atoms with Gasteiger partial charge >= 0.3 is 6.03 Å². The molecule has 0 saturated carbocycles. The number of rotatable bonds is 6. The molecule has 2 aromatic heterocycles. The van der Waals surface area contributed by atoms with Crippen molar-refractivity contribution in [1.82, 2.24) is 15.8 Å². The average molecular weight is 307 g/mol. The zero-order valence-corrected chi connectivity index (χ0v) is 13.4. The van der Waals surface area contributed by atoms with Crippen molar-refractivity contribution in [1.29, 1.82) is 0 Å². The Labute approximate surface area is 128 Å². The second-order valence-electron chi connectivity index (χ2n) is 4.99. The highest BCUT2D eigenvalue weighted by Gasteiger charge is 2.15. The molecule has 0 unspecified atom stereocenters. The molecule has 21 heavy (non-hydrogen) atoms. The van der Waals surface area contributed by atoms with Crippen LogP contribution in [0.2, 0.25) is 0 Å². The van der Waals surface area contributed by atoms with Gasteiger partial charge in [0, 0.05) is 17.0 Å². The van der Waals surface area contributed by atoms with Gasteiger partial charge in [-0.2, -0.15) is 0 Å². The van der Waals surface area contributed by atoms with Crippen molar-refractivity contribution in [2.45, 2.75) is 46.2 Å².